The molecule has 0 aromatic heterocycles. The van der Waals surface area contributed by atoms with Gasteiger partial charge in [-0.25, -0.2) is 13.6 Å². The molecule has 2 rings (SSSR count). The van der Waals surface area contributed by atoms with Gasteiger partial charge in [0.15, 0.2) is 0 Å². The van der Waals surface area contributed by atoms with E-state index in [1.807, 2.05) is 0 Å². The van der Waals surface area contributed by atoms with Gasteiger partial charge in [0.25, 0.3) is 0 Å². The molecule has 1 unspecified atom stereocenters. The zero-order valence-corrected chi connectivity index (χ0v) is 11.0. The van der Waals surface area contributed by atoms with Crippen LogP contribution in [-0.4, -0.2) is 47.8 Å². The smallest absolute Gasteiger partial charge is 0.322 e. The first-order chi connectivity index (χ1) is 9.94. The molecule has 1 aromatic rings. The van der Waals surface area contributed by atoms with Gasteiger partial charge < -0.3 is 20.1 Å². The molecule has 0 bridgehead atoms. The summed E-state index contributed by atoms with van der Waals surface area (Å²) in [5.41, 5.74) is -0.00113. The third-order valence-electron chi connectivity index (χ3n) is 2.94. The van der Waals surface area contributed by atoms with E-state index < -0.39 is 29.7 Å². The highest BCUT2D eigenvalue weighted by Gasteiger charge is 2.26. The Morgan fingerprint density at radius 2 is 2.00 bits per heavy atom. The van der Waals surface area contributed by atoms with E-state index in [1.54, 1.807) is 0 Å². The fourth-order valence-corrected chi connectivity index (χ4v) is 2.05. The lowest BCUT2D eigenvalue weighted by Gasteiger charge is -2.32. The molecule has 1 heterocycles. The zero-order valence-electron chi connectivity index (χ0n) is 11.0. The number of hydrogen-bond donors (Lipinski definition) is 2. The van der Waals surface area contributed by atoms with Crippen molar-refractivity contribution in [2.24, 2.45) is 0 Å². The molecule has 1 aliphatic heterocycles. The van der Waals surface area contributed by atoms with E-state index in [0.717, 1.165) is 12.1 Å². The molecule has 0 saturated carbocycles. The van der Waals surface area contributed by atoms with Gasteiger partial charge in [-0.3, -0.25) is 4.79 Å². The monoisotopic (exact) mass is 300 g/mol. The molecule has 1 fully saturated rings. The van der Waals surface area contributed by atoms with Crippen molar-refractivity contribution >= 4 is 17.7 Å². The summed E-state index contributed by atoms with van der Waals surface area (Å²) in [5, 5.41) is 11.1. The summed E-state index contributed by atoms with van der Waals surface area (Å²) in [6, 6.07) is 2.14. The number of morpholine rings is 1. The van der Waals surface area contributed by atoms with Crippen molar-refractivity contribution in [3.8, 4) is 0 Å². The van der Waals surface area contributed by atoms with Crippen LogP contribution < -0.4 is 5.32 Å². The van der Waals surface area contributed by atoms with Gasteiger partial charge in [-0.15, -0.1) is 0 Å². The maximum absolute atomic E-state index is 13.0. The summed E-state index contributed by atoms with van der Waals surface area (Å²) >= 11 is 0. The number of ether oxygens (including phenoxy) is 1. The minimum Gasteiger partial charge on any atom is -0.481 e. The highest BCUT2D eigenvalue weighted by atomic mass is 19.1. The van der Waals surface area contributed by atoms with Crippen molar-refractivity contribution in [3.63, 3.8) is 0 Å². The molecule has 1 saturated heterocycles. The molecule has 0 radical (unpaired) electrons. The van der Waals surface area contributed by atoms with Crippen LogP contribution in [0.1, 0.15) is 6.42 Å². The molecule has 1 atom stereocenters. The number of carboxylic acids is 1. The molecule has 1 aliphatic rings. The van der Waals surface area contributed by atoms with E-state index >= 15 is 0 Å². The molecule has 6 nitrogen and oxygen atoms in total. The van der Waals surface area contributed by atoms with Crippen LogP contribution in [0.25, 0.3) is 0 Å². The fourth-order valence-electron chi connectivity index (χ4n) is 2.05. The lowest BCUT2D eigenvalue weighted by molar-refractivity contribution is -0.141. The Labute approximate surface area is 119 Å². The minimum absolute atomic E-state index is 0.00113. The van der Waals surface area contributed by atoms with Gasteiger partial charge in [-0.1, -0.05) is 0 Å². The van der Waals surface area contributed by atoms with Gasteiger partial charge in [-0.05, 0) is 12.1 Å². The molecule has 114 valence electrons. The third-order valence-corrected chi connectivity index (χ3v) is 2.94. The average molecular weight is 300 g/mol. The molecule has 0 aliphatic carbocycles. The van der Waals surface area contributed by atoms with Gasteiger partial charge in [0.2, 0.25) is 0 Å². The van der Waals surface area contributed by atoms with Crippen LogP contribution in [0.3, 0.4) is 0 Å². The zero-order chi connectivity index (χ0) is 15.4. The molecule has 2 amide bonds. The van der Waals surface area contributed by atoms with E-state index in [4.69, 9.17) is 9.84 Å². The van der Waals surface area contributed by atoms with Crippen LogP contribution in [0.4, 0.5) is 19.3 Å². The number of carbonyl (C=O) groups excluding carboxylic acids is 1. The van der Waals surface area contributed by atoms with Crippen LogP contribution in [0.15, 0.2) is 18.2 Å². The lowest BCUT2D eigenvalue weighted by Crippen LogP contribution is -2.47. The predicted molar refractivity (Wildman–Crippen MR) is 68.9 cm³/mol. The second kappa shape index (κ2) is 6.49. The highest BCUT2D eigenvalue weighted by molar-refractivity contribution is 5.89. The van der Waals surface area contributed by atoms with Crippen LogP contribution in [-0.2, 0) is 9.53 Å². The summed E-state index contributed by atoms with van der Waals surface area (Å²) in [6.07, 6.45) is -0.801. The number of hydrogen-bond acceptors (Lipinski definition) is 3. The Bertz CT molecular complexity index is 533. The van der Waals surface area contributed by atoms with Gasteiger partial charge >= 0.3 is 12.0 Å². The maximum Gasteiger partial charge on any atom is 0.322 e. The van der Waals surface area contributed by atoms with Gasteiger partial charge in [-0.2, -0.15) is 0 Å². The number of benzene rings is 1. The molecular formula is C13H14F2N2O4. The summed E-state index contributed by atoms with van der Waals surface area (Å²) in [6.45, 7) is 0.596. The quantitative estimate of drug-likeness (QED) is 0.890. The number of nitrogens with zero attached hydrogens (tertiary/aromatic N) is 1. The fraction of sp³-hybridized carbons (Fsp3) is 0.385. The first-order valence-electron chi connectivity index (χ1n) is 6.29. The third kappa shape index (κ3) is 4.38. The second-order valence-electron chi connectivity index (χ2n) is 4.62. The summed E-state index contributed by atoms with van der Waals surface area (Å²) in [7, 11) is 0. The molecule has 21 heavy (non-hydrogen) atoms. The van der Waals surface area contributed by atoms with Crippen molar-refractivity contribution in [3.05, 3.63) is 29.8 Å². The number of halogens is 2. The van der Waals surface area contributed by atoms with Gasteiger partial charge in [0.1, 0.15) is 11.6 Å². The predicted octanol–water partition coefficient (Wildman–Crippen LogP) is 1.67. The SMILES string of the molecule is O=C(O)CC1CN(C(=O)Nc2cc(F)cc(F)c2)CCO1. The normalized spacial score (nSPS) is 18.4. The van der Waals surface area contributed by atoms with Crippen LogP contribution >= 0.6 is 0 Å². The number of anilines is 1. The maximum atomic E-state index is 13.0. The number of urea groups is 1. The van der Waals surface area contributed by atoms with E-state index in [9.17, 15) is 18.4 Å². The minimum atomic E-state index is -1.02. The Morgan fingerprint density at radius 3 is 2.62 bits per heavy atom. The first kappa shape index (κ1) is 15.2. The van der Waals surface area contributed by atoms with E-state index in [-0.39, 0.29) is 31.8 Å². The van der Waals surface area contributed by atoms with Crippen molar-refractivity contribution < 1.29 is 28.2 Å². The van der Waals surface area contributed by atoms with Crippen LogP contribution in [0.2, 0.25) is 0 Å². The standard InChI is InChI=1S/C13H14F2N2O4/c14-8-3-9(15)5-10(4-8)16-13(20)17-1-2-21-11(7-17)6-12(18)19/h3-5,11H,1-2,6-7H2,(H,16,20)(H,18,19). The van der Waals surface area contributed by atoms with Crippen LogP contribution in [0.5, 0.6) is 0 Å². The van der Waals surface area contributed by atoms with Crippen molar-refractivity contribution in [1.29, 1.82) is 0 Å². The number of carboxylic acid groups (broad SMARTS) is 1. The van der Waals surface area contributed by atoms with Crippen molar-refractivity contribution in [2.45, 2.75) is 12.5 Å². The number of carbonyl (C=O) groups is 2. The summed E-state index contributed by atoms with van der Waals surface area (Å²) in [5.74, 6) is -2.61. The summed E-state index contributed by atoms with van der Waals surface area (Å²) < 4.78 is 31.3. The van der Waals surface area contributed by atoms with Crippen LogP contribution in [0, 0.1) is 11.6 Å². The molecule has 8 heteroatoms. The average Bonchev–Trinajstić information content (AvgIpc) is 2.36. The van der Waals surface area contributed by atoms with Gasteiger partial charge in [0, 0.05) is 24.8 Å². The van der Waals surface area contributed by atoms with Crippen molar-refractivity contribution in [2.75, 3.05) is 25.0 Å². The first-order valence-corrected chi connectivity index (χ1v) is 6.29. The summed E-state index contributed by atoms with van der Waals surface area (Å²) in [4.78, 5) is 24.0. The number of aliphatic carboxylic acids is 1. The Morgan fingerprint density at radius 1 is 1.33 bits per heavy atom. The van der Waals surface area contributed by atoms with E-state index in [1.165, 1.54) is 4.90 Å². The van der Waals surface area contributed by atoms with E-state index in [0.29, 0.717) is 6.07 Å². The second-order valence-corrected chi connectivity index (χ2v) is 4.62. The number of nitrogens with one attached hydrogen (secondary N) is 1. The van der Waals surface area contributed by atoms with E-state index in [2.05, 4.69) is 5.32 Å². The topological polar surface area (TPSA) is 78.9 Å². The highest BCUT2D eigenvalue weighted by Crippen LogP contribution is 2.15. The van der Waals surface area contributed by atoms with Crippen molar-refractivity contribution in [1.82, 2.24) is 4.90 Å². The van der Waals surface area contributed by atoms with Gasteiger partial charge in [0.05, 0.1) is 19.1 Å². The Hall–Kier alpha value is -2.22. The molecule has 0 spiro atoms. The largest absolute Gasteiger partial charge is 0.481 e. The molecular weight excluding hydrogens is 286 g/mol. The molecule has 1 aromatic carbocycles. The lowest BCUT2D eigenvalue weighted by atomic mass is 10.2. The number of rotatable bonds is 3. The Balaban J connectivity index is 1.97. The Kier molecular flexibility index (Phi) is 4.69. The number of amides is 2. The molecule has 2 N–H and O–H groups in total.